The summed E-state index contributed by atoms with van der Waals surface area (Å²) in [5.41, 5.74) is -0.633. The van der Waals surface area contributed by atoms with Gasteiger partial charge in [-0.05, 0) is 42.0 Å². The SMILES string of the molecule is CC1CCC(c2nnnn2CC2(C(=O)O)CCC2)CC1. The lowest BCUT2D eigenvalue weighted by molar-refractivity contribution is -0.156. The van der Waals surface area contributed by atoms with Crippen molar-refractivity contribution in [1.82, 2.24) is 20.2 Å². The van der Waals surface area contributed by atoms with E-state index in [9.17, 15) is 9.90 Å². The van der Waals surface area contributed by atoms with Crippen molar-refractivity contribution in [3.63, 3.8) is 0 Å². The highest BCUT2D eigenvalue weighted by atomic mass is 16.4. The highest BCUT2D eigenvalue weighted by Crippen LogP contribution is 2.43. The van der Waals surface area contributed by atoms with Crippen LogP contribution in [0.3, 0.4) is 0 Å². The Bertz CT molecular complexity index is 487. The van der Waals surface area contributed by atoms with Crippen molar-refractivity contribution >= 4 is 5.97 Å². The van der Waals surface area contributed by atoms with Crippen LogP contribution in [0.5, 0.6) is 0 Å². The zero-order chi connectivity index (χ0) is 14.2. The summed E-state index contributed by atoms with van der Waals surface area (Å²) < 4.78 is 1.76. The molecule has 6 nitrogen and oxygen atoms in total. The van der Waals surface area contributed by atoms with Gasteiger partial charge in [0.15, 0.2) is 5.82 Å². The number of carboxylic acid groups (broad SMARTS) is 1. The van der Waals surface area contributed by atoms with Crippen LogP contribution in [0.4, 0.5) is 0 Å². The average Bonchev–Trinajstić information content (AvgIpc) is 2.82. The number of aliphatic carboxylic acids is 1. The number of carbonyl (C=O) groups is 1. The second kappa shape index (κ2) is 5.14. The zero-order valence-corrected chi connectivity index (χ0v) is 12.0. The Labute approximate surface area is 118 Å². The molecule has 1 aromatic rings. The fourth-order valence-corrected chi connectivity index (χ4v) is 3.46. The van der Waals surface area contributed by atoms with Crippen LogP contribution in [0, 0.1) is 11.3 Å². The van der Waals surface area contributed by atoms with E-state index in [1.54, 1.807) is 4.68 Å². The van der Waals surface area contributed by atoms with Gasteiger partial charge in [0.25, 0.3) is 0 Å². The molecule has 0 radical (unpaired) electrons. The Hall–Kier alpha value is -1.46. The third kappa shape index (κ3) is 2.31. The summed E-state index contributed by atoms with van der Waals surface area (Å²) in [6.07, 6.45) is 7.11. The number of tetrazole rings is 1. The van der Waals surface area contributed by atoms with Crippen LogP contribution >= 0.6 is 0 Å². The summed E-state index contributed by atoms with van der Waals surface area (Å²) in [7, 11) is 0. The van der Waals surface area contributed by atoms with Gasteiger partial charge in [-0.2, -0.15) is 0 Å². The normalized spacial score (nSPS) is 28.9. The van der Waals surface area contributed by atoms with Gasteiger partial charge in [-0.3, -0.25) is 4.79 Å². The molecule has 0 aliphatic heterocycles. The van der Waals surface area contributed by atoms with E-state index in [1.807, 2.05) is 0 Å². The van der Waals surface area contributed by atoms with E-state index in [4.69, 9.17) is 0 Å². The molecule has 2 aliphatic rings. The predicted octanol–water partition coefficient (Wildman–Crippen LogP) is 2.22. The quantitative estimate of drug-likeness (QED) is 0.913. The molecule has 0 aromatic carbocycles. The second-order valence-electron chi connectivity index (χ2n) is 6.59. The lowest BCUT2D eigenvalue weighted by Gasteiger charge is -2.37. The first-order valence-corrected chi connectivity index (χ1v) is 7.60. The molecular formula is C14H22N4O2. The van der Waals surface area contributed by atoms with Crippen molar-refractivity contribution in [3.05, 3.63) is 5.82 Å². The summed E-state index contributed by atoms with van der Waals surface area (Å²) in [6, 6.07) is 0. The first-order chi connectivity index (χ1) is 9.61. The van der Waals surface area contributed by atoms with Gasteiger partial charge in [0.05, 0.1) is 12.0 Å². The Morgan fingerprint density at radius 3 is 2.60 bits per heavy atom. The first kappa shape index (κ1) is 13.5. The van der Waals surface area contributed by atoms with Crippen LogP contribution in [0.1, 0.15) is 63.6 Å². The lowest BCUT2D eigenvalue weighted by atomic mass is 9.68. The minimum atomic E-state index is -0.706. The number of hydrogen-bond acceptors (Lipinski definition) is 4. The molecule has 3 rings (SSSR count). The van der Waals surface area contributed by atoms with Gasteiger partial charge in [0.2, 0.25) is 0 Å². The predicted molar refractivity (Wildman–Crippen MR) is 72.1 cm³/mol. The number of aromatic nitrogens is 4. The average molecular weight is 278 g/mol. The smallest absolute Gasteiger partial charge is 0.311 e. The highest BCUT2D eigenvalue weighted by molar-refractivity contribution is 5.75. The Morgan fingerprint density at radius 1 is 1.35 bits per heavy atom. The summed E-state index contributed by atoms with van der Waals surface area (Å²) in [4.78, 5) is 11.5. The van der Waals surface area contributed by atoms with E-state index < -0.39 is 11.4 Å². The third-order valence-electron chi connectivity index (χ3n) is 5.16. The third-order valence-corrected chi connectivity index (χ3v) is 5.16. The maximum atomic E-state index is 11.5. The Balaban J connectivity index is 1.75. The molecule has 2 aliphatic carbocycles. The molecule has 110 valence electrons. The summed E-state index contributed by atoms with van der Waals surface area (Å²) in [5, 5.41) is 21.5. The van der Waals surface area contributed by atoms with Crippen LogP contribution in [-0.4, -0.2) is 31.3 Å². The maximum Gasteiger partial charge on any atom is 0.311 e. The molecule has 0 bridgehead atoms. The molecule has 2 fully saturated rings. The number of rotatable bonds is 4. The van der Waals surface area contributed by atoms with Gasteiger partial charge in [-0.1, -0.05) is 26.2 Å². The first-order valence-electron chi connectivity index (χ1n) is 7.60. The minimum absolute atomic E-state index is 0.395. The minimum Gasteiger partial charge on any atom is -0.481 e. The molecule has 0 amide bonds. The Morgan fingerprint density at radius 2 is 2.05 bits per heavy atom. The van der Waals surface area contributed by atoms with E-state index in [1.165, 1.54) is 12.8 Å². The monoisotopic (exact) mass is 278 g/mol. The lowest BCUT2D eigenvalue weighted by Crippen LogP contribution is -2.42. The molecule has 0 spiro atoms. The van der Waals surface area contributed by atoms with Crippen LogP contribution in [0.2, 0.25) is 0 Å². The van der Waals surface area contributed by atoms with Gasteiger partial charge in [0, 0.05) is 5.92 Å². The molecule has 0 unspecified atom stereocenters. The van der Waals surface area contributed by atoms with Crippen LogP contribution in [-0.2, 0) is 11.3 Å². The fourth-order valence-electron chi connectivity index (χ4n) is 3.46. The molecule has 2 saturated carbocycles. The van der Waals surface area contributed by atoms with Gasteiger partial charge < -0.3 is 5.11 Å². The van der Waals surface area contributed by atoms with E-state index >= 15 is 0 Å². The molecular weight excluding hydrogens is 256 g/mol. The van der Waals surface area contributed by atoms with Gasteiger partial charge >= 0.3 is 5.97 Å². The van der Waals surface area contributed by atoms with Crippen LogP contribution < -0.4 is 0 Å². The Kier molecular flexibility index (Phi) is 3.48. The topological polar surface area (TPSA) is 80.9 Å². The molecule has 1 aromatic heterocycles. The number of carboxylic acids is 1. The summed E-state index contributed by atoms with van der Waals surface area (Å²) in [6.45, 7) is 2.71. The van der Waals surface area contributed by atoms with Gasteiger partial charge in [-0.15, -0.1) is 5.10 Å². The molecule has 0 saturated heterocycles. The van der Waals surface area contributed by atoms with E-state index in [-0.39, 0.29) is 0 Å². The van der Waals surface area contributed by atoms with Gasteiger partial charge in [-0.25, -0.2) is 4.68 Å². The second-order valence-corrected chi connectivity index (χ2v) is 6.59. The van der Waals surface area contributed by atoms with E-state index in [2.05, 4.69) is 22.4 Å². The number of hydrogen-bond donors (Lipinski definition) is 1. The van der Waals surface area contributed by atoms with Crippen LogP contribution in [0.15, 0.2) is 0 Å². The molecule has 1 N–H and O–H groups in total. The van der Waals surface area contributed by atoms with Crippen molar-refractivity contribution in [3.8, 4) is 0 Å². The zero-order valence-electron chi connectivity index (χ0n) is 12.0. The molecule has 20 heavy (non-hydrogen) atoms. The fraction of sp³-hybridized carbons (Fsp3) is 0.857. The van der Waals surface area contributed by atoms with Crippen LogP contribution in [0.25, 0.3) is 0 Å². The number of nitrogens with zero attached hydrogens (tertiary/aromatic N) is 4. The van der Waals surface area contributed by atoms with Crippen molar-refractivity contribution in [2.45, 2.75) is 64.3 Å². The largest absolute Gasteiger partial charge is 0.481 e. The van der Waals surface area contributed by atoms with Crippen molar-refractivity contribution in [2.24, 2.45) is 11.3 Å². The highest BCUT2D eigenvalue weighted by Gasteiger charge is 2.45. The maximum absolute atomic E-state index is 11.5. The van der Waals surface area contributed by atoms with E-state index in [0.29, 0.717) is 12.5 Å². The van der Waals surface area contributed by atoms with Gasteiger partial charge in [0.1, 0.15) is 0 Å². The van der Waals surface area contributed by atoms with E-state index in [0.717, 1.165) is 43.8 Å². The summed E-state index contributed by atoms with van der Waals surface area (Å²) in [5.74, 6) is 1.37. The van der Waals surface area contributed by atoms with Crippen molar-refractivity contribution in [2.75, 3.05) is 0 Å². The van der Waals surface area contributed by atoms with Crippen molar-refractivity contribution < 1.29 is 9.90 Å². The summed E-state index contributed by atoms with van der Waals surface area (Å²) >= 11 is 0. The standard InChI is InChI=1S/C14H22N4O2/c1-10-3-5-11(6-4-10)12-15-16-17-18(12)9-14(13(19)20)7-2-8-14/h10-11H,2-9H2,1H3,(H,19,20). The van der Waals surface area contributed by atoms with Crippen molar-refractivity contribution in [1.29, 1.82) is 0 Å². The molecule has 1 heterocycles. The molecule has 6 heteroatoms. The molecule has 0 atom stereocenters.